The lowest BCUT2D eigenvalue weighted by Crippen LogP contribution is -2.21. The zero-order chi connectivity index (χ0) is 14.8. The van der Waals surface area contributed by atoms with Crippen LogP contribution in [-0.4, -0.2) is 25.6 Å². The zero-order valence-corrected chi connectivity index (χ0v) is 12.5. The van der Waals surface area contributed by atoms with Crippen molar-refractivity contribution in [2.24, 2.45) is 12.8 Å². The molecule has 2 heterocycles. The number of fused-ring (bicyclic) bond motifs is 1. The summed E-state index contributed by atoms with van der Waals surface area (Å²) in [6.07, 6.45) is 6.05. The fourth-order valence-corrected chi connectivity index (χ4v) is 2.69. The molecule has 2 aromatic heterocycles. The number of benzene rings is 1. The van der Waals surface area contributed by atoms with E-state index in [-0.39, 0.29) is 6.04 Å². The summed E-state index contributed by atoms with van der Waals surface area (Å²) in [5, 5.41) is 9.45. The number of hydrogen-bond acceptors (Lipinski definition) is 3. The predicted molar refractivity (Wildman–Crippen MR) is 84.0 cm³/mol. The molecule has 5 nitrogen and oxygen atoms in total. The summed E-state index contributed by atoms with van der Waals surface area (Å²) < 4.78 is 3.96. The average molecular weight is 283 g/mol. The summed E-state index contributed by atoms with van der Waals surface area (Å²) in [6.45, 7) is 2.86. The third-order valence-corrected chi connectivity index (χ3v) is 3.86. The number of rotatable bonds is 5. The van der Waals surface area contributed by atoms with Gasteiger partial charge in [-0.1, -0.05) is 30.3 Å². The number of nitrogens with zero attached hydrogens (tertiary/aromatic N) is 4. The molecule has 3 aromatic rings. The van der Waals surface area contributed by atoms with Crippen molar-refractivity contribution in [3.8, 4) is 0 Å². The average Bonchev–Trinajstić information content (AvgIpc) is 3.04. The summed E-state index contributed by atoms with van der Waals surface area (Å²) in [5.74, 6) is 0. The first-order valence-corrected chi connectivity index (χ1v) is 7.35. The second-order valence-corrected chi connectivity index (χ2v) is 5.56. The van der Waals surface area contributed by atoms with Gasteiger partial charge in [0.2, 0.25) is 0 Å². The van der Waals surface area contributed by atoms with Gasteiger partial charge in [0.25, 0.3) is 0 Å². The molecule has 0 radical (unpaired) electrons. The Kier molecular flexibility index (Phi) is 3.75. The first-order valence-electron chi connectivity index (χ1n) is 7.35. The van der Waals surface area contributed by atoms with E-state index in [1.807, 2.05) is 13.2 Å². The standard InChI is InChI=1S/C16H21N5/c1-3-13(17)8-12-9-21(11-14-10-20(2)19-18-14)16-7-5-4-6-15(12)16/h4-7,9-10,13H,3,8,11,17H2,1-2H3. The Balaban J connectivity index is 1.98. The molecule has 0 spiro atoms. The second-order valence-electron chi connectivity index (χ2n) is 5.56. The van der Waals surface area contributed by atoms with E-state index in [9.17, 15) is 0 Å². The van der Waals surface area contributed by atoms with Crippen molar-refractivity contribution >= 4 is 10.9 Å². The van der Waals surface area contributed by atoms with E-state index in [1.54, 1.807) is 4.68 Å². The maximum atomic E-state index is 6.13. The Bertz CT molecular complexity index is 740. The van der Waals surface area contributed by atoms with E-state index in [1.165, 1.54) is 16.5 Å². The smallest absolute Gasteiger partial charge is 0.102 e. The molecule has 5 heteroatoms. The lowest BCUT2D eigenvalue weighted by Gasteiger charge is -2.06. The van der Waals surface area contributed by atoms with Gasteiger partial charge >= 0.3 is 0 Å². The highest BCUT2D eigenvalue weighted by atomic mass is 15.4. The summed E-state index contributed by atoms with van der Waals surface area (Å²) in [7, 11) is 1.88. The largest absolute Gasteiger partial charge is 0.341 e. The molecule has 2 N–H and O–H groups in total. The third-order valence-electron chi connectivity index (χ3n) is 3.86. The fourth-order valence-electron chi connectivity index (χ4n) is 2.69. The van der Waals surface area contributed by atoms with Crippen molar-refractivity contribution in [1.82, 2.24) is 19.6 Å². The minimum atomic E-state index is 0.209. The Hall–Kier alpha value is -2.14. The van der Waals surface area contributed by atoms with Crippen molar-refractivity contribution in [2.75, 3.05) is 0 Å². The SMILES string of the molecule is CCC(N)Cc1cn(Cc2cn(C)nn2)c2ccccc12. The van der Waals surface area contributed by atoms with Gasteiger partial charge in [-0.15, -0.1) is 5.10 Å². The van der Waals surface area contributed by atoms with E-state index >= 15 is 0 Å². The quantitative estimate of drug-likeness (QED) is 0.780. The molecular weight excluding hydrogens is 262 g/mol. The molecule has 0 aliphatic rings. The molecule has 0 saturated carbocycles. The lowest BCUT2D eigenvalue weighted by atomic mass is 10.0. The van der Waals surface area contributed by atoms with Crippen molar-refractivity contribution in [3.63, 3.8) is 0 Å². The van der Waals surface area contributed by atoms with Crippen molar-refractivity contribution in [3.05, 3.63) is 47.9 Å². The zero-order valence-electron chi connectivity index (χ0n) is 12.5. The molecule has 0 aliphatic heterocycles. The monoisotopic (exact) mass is 283 g/mol. The number of para-hydroxylation sites is 1. The maximum absolute atomic E-state index is 6.13. The molecule has 1 aromatic carbocycles. The van der Waals surface area contributed by atoms with Crippen LogP contribution in [0.4, 0.5) is 0 Å². The molecule has 0 aliphatic carbocycles. The number of aryl methyl sites for hydroxylation is 1. The van der Waals surface area contributed by atoms with Crippen LogP contribution in [0.1, 0.15) is 24.6 Å². The Labute approximate surface area is 124 Å². The molecule has 0 amide bonds. The van der Waals surface area contributed by atoms with E-state index < -0.39 is 0 Å². The molecule has 0 saturated heterocycles. The van der Waals surface area contributed by atoms with Crippen LogP contribution in [0.3, 0.4) is 0 Å². The van der Waals surface area contributed by atoms with Gasteiger partial charge in [0.15, 0.2) is 0 Å². The van der Waals surface area contributed by atoms with Crippen LogP contribution >= 0.6 is 0 Å². The Morgan fingerprint density at radius 3 is 2.76 bits per heavy atom. The number of aromatic nitrogens is 4. The van der Waals surface area contributed by atoms with Crippen LogP contribution in [0, 0.1) is 0 Å². The molecule has 1 atom stereocenters. The summed E-state index contributed by atoms with van der Waals surface area (Å²) in [6, 6.07) is 8.67. The lowest BCUT2D eigenvalue weighted by molar-refractivity contribution is 0.646. The third kappa shape index (κ3) is 2.83. The fraction of sp³-hybridized carbons (Fsp3) is 0.375. The van der Waals surface area contributed by atoms with Crippen LogP contribution in [-0.2, 0) is 20.0 Å². The van der Waals surface area contributed by atoms with E-state index in [4.69, 9.17) is 5.73 Å². The maximum Gasteiger partial charge on any atom is 0.102 e. The van der Waals surface area contributed by atoms with Gasteiger partial charge in [0.1, 0.15) is 5.69 Å². The molecular formula is C16H21N5. The molecule has 1 unspecified atom stereocenters. The molecule has 21 heavy (non-hydrogen) atoms. The van der Waals surface area contributed by atoms with E-state index in [0.29, 0.717) is 0 Å². The first-order chi connectivity index (χ1) is 10.2. The summed E-state index contributed by atoms with van der Waals surface area (Å²) in [5.41, 5.74) is 9.62. The normalized spacial score (nSPS) is 12.9. The number of nitrogens with two attached hydrogens (primary N) is 1. The summed E-state index contributed by atoms with van der Waals surface area (Å²) in [4.78, 5) is 0. The molecule has 0 bridgehead atoms. The van der Waals surface area contributed by atoms with Gasteiger partial charge in [-0.05, 0) is 24.5 Å². The van der Waals surface area contributed by atoms with E-state index in [2.05, 4.69) is 52.3 Å². The van der Waals surface area contributed by atoms with Crippen molar-refractivity contribution < 1.29 is 0 Å². The Morgan fingerprint density at radius 2 is 2.05 bits per heavy atom. The summed E-state index contributed by atoms with van der Waals surface area (Å²) >= 11 is 0. The van der Waals surface area contributed by atoms with Crippen LogP contribution in [0.5, 0.6) is 0 Å². The highest BCUT2D eigenvalue weighted by Crippen LogP contribution is 2.23. The second kappa shape index (κ2) is 5.69. The Morgan fingerprint density at radius 1 is 1.24 bits per heavy atom. The van der Waals surface area contributed by atoms with Gasteiger partial charge < -0.3 is 10.3 Å². The molecule has 0 fully saturated rings. The van der Waals surface area contributed by atoms with Gasteiger partial charge in [-0.3, -0.25) is 4.68 Å². The molecule has 110 valence electrons. The van der Waals surface area contributed by atoms with Gasteiger partial charge in [0, 0.05) is 36.4 Å². The van der Waals surface area contributed by atoms with Gasteiger partial charge in [-0.25, -0.2) is 0 Å². The minimum absolute atomic E-state index is 0.209. The van der Waals surface area contributed by atoms with Crippen LogP contribution in [0.2, 0.25) is 0 Å². The van der Waals surface area contributed by atoms with Gasteiger partial charge in [-0.2, -0.15) is 0 Å². The van der Waals surface area contributed by atoms with Crippen molar-refractivity contribution in [2.45, 2.75) is 32.4 Å². The highest BCUT2D eigenvalue weighted by Gasteiger charge is 2.11. The predicted octanol–water partition coefficient (Wildman–Crippen LogP) is 2.10. The van der Waals surface area contributed by atoms with Gasteiger partial charge in [0.05, 0.1) is 6.54 Å². The topological polar surface area (TPSA) is 61.7 Å². The number of hydrogen-bond donors (Lipinski definition) is 1. The molecule has 3 rings (SSSR count). The highest BCUT2D eigenvalue weighted by molar-refractivity contribution is 5.84. The first kappa shape index (κ1) is 13.8. The van der Waals surface area contributed by atoms with Crippen LogP contribution in [0.15, 0.2) is 36.7 Å². The van der Waals surface area contributed by atoms with Crippen LogP contribution < -0.4 is 5.73 Å². The minimum Gasteiger partial charge on any atom is -0.341 e. The van der Waals surface area contributed by atoms with Crippen molar-refractivity contribution in [1.29, 1.82) is 0 Å². The van der Waals surface area contributed by atoms with Crippen LogP contribution in [0.25, 0.3) is 10.9 Å². The van der Waals surface area contributed by atoms with E-state index in [0.717, 1.165) is 25.1 Å².